The number of hydrogen-bond donors (Lipinski definition) is 2. The number of aliphatic imine (C=N–C) groups is 2. The summed E-state index contributed by atoms with van der Waals surface area (Å²) in [5, 5.41) is 18.2. The third-order valence-electron chi connectivity index (χ3n) is 6.40. The molecule has 0 bridgehead atoms. The molecule has 3 atom stereocenters. The second kappa shape index (κ2) is 10.8. The zero-order valence-electron chi connectivity index (χ0n) is 20.9. The minimum atomic E-state index is -3.85. The van der Waals surface area contributed by atoms with Crippen LogP contribution in [0.25, 0.3) is 17.2 Å². The Morgan fingerprint density at radius 2 is 2.00 bits per heavy atom. The fraction of sp³-hybridized carbons (Fsp3) is 0.538. The molecule has 190 valence electrons. The summed E-state index contributed by atoms with van der Waals surface area (Å²) in [6, 6.07) is 2.64. The van der Waals surface area contributed by atoms with E-state index in [1.54, 1.807) is 31.6 Å². The Hall–Kier alpha value is -2.94. The van der Waals surface area contributed by atoms with Gasteiger partial charge in [-0.3, -0.25) is 9.98 Å². The molecule has 7 nitrogen and oxygen atoms in total. The maximum Gasteiger partial charge on any atom is 0.426 e. The molecule has 1 heterocycles. The van der Waals surface area contributed by atoms with Crippen LogP contribution in [-0.2, 0) is 0 Å². The van der Waals surface area contributed by atoms with Crippen LogP contribution in [0.2, 0.25) is 0 Å². The van der Waals surface area contributed by atoms with Crippen molar-refractivity contribution in [3.05, 3.63) is 29.7 Å². The average molecular weight is 489 g/mol. The fourth-order valence-electron chi connectivity index (χ4n) is 4.13. The predicted molar refractivity (Wildman–Crippen MR) is 135 cm³/mol. The summed E-state index contributed by atoms with van der Waals surface area (Å²) >= 11 is 0. The van der Waals surface area contributed by atoms with Crippen molar-refractivity contribution in [3.63, 3.8) is 0 Å². The van der Waals surface area contributed by atoms with Gasteiger partial charge in [0.25, 0.3) is 0 Å². The molecule has 0 radical (unpaired) electrons. The third-order valence-corrected chi connectivity index (χ3v) is 6.40. The molecule has 0 saturated heterocycles. The molecule has 1 aliphatic rings. The molecular formula is C26H34F2N4O3. The van der Waals surface area contributed by atoms with Gasteiger partial charge in [-0.15, -0.1) is 0 Å². The van der Waals surface area contributed by atoms with E-state index in [1.165, 1.54) is 6.07 Å². The van der Waals surface area contributed by atoms with E-state index in [4.69, 9.17) is 14.6 Å². The van der Waals surface area contributed by atoms with Crippen molar-refractivity contribution in [2.75, 3.05) is 7.05 Å². The van der Waals surface area contributed by atoms with Crippen molar-refractivity contribution in [3.8, 4) is 5.75 Å². The molecule has 1 aromatic heterocycles. The molecule has 3 rings (SSSR count). The van der Waals surface area contributed by atoms with Gasteiger partial charge in [-0.05, 0) is 70.6 Å². The van der Waals surface area contributed by atoms with E-state index < -0.39 is 11.7 Å². The van der Waals surface area contributed by atoms with Gasteiger partial charge < -0.3 is 19.7 Å². The smallest absolute Gasteiger partial charge is 0.426 e. The van der Waals surface area contributed by atoms with E-state index in [2.05, 4.69) is 21.9 Å². The first-order valence-electron chi connectivity index (χ1n) is 11.9. The van der Waals surface area contributed by atoms with E-state index in [0.29, 0.717) is 17.9 Å². The molecule has 1 aliphatic carbocycles. The number of hydrogen-bond acceptors (Lipinski definition) is 7. The second-order valence-corrected chi connectivity index (χ2v) is 9.41. The van der Waals surface area contributed by atoms with Crippen LogP contribution in [0.5, 0.6) is 5.75 Å². The van der Waals surface area contributed by atoms with Crippen LogP contribution in [0, 0.1) is 17.2 Å². The number of halogens is 2. The number of oxazole rings is 1. The highest BCUT2D eigenvalue weighted by atomic mass is 19.3. The molecule has 0 spiro atoms. The highest BCUT2D eigenvalue weighted by molar-refractivity contribution is 6.16. The van der Waals surface area contributed by atoms with Crippen LogP contribution in [0.4, 0.5) is 8.78 Å². The Labute approximate surface area is 204 Å². The van der Waals surface area contributed by atoms with Crippen molar-refractivity contribution < 1.29 is 23.0 Å². The number of allylic oxidation sites excluding steroid dienone is 1. The maximum absolute atomic E-state index is 14.5. The largest absolute Gasteiger partial charge is 0.436 e. The minimum Gasteiger partial charge on any atom is -0.436 e. The molecule has 2 N–H and O–H groups in total. The van der Waals surface area contributed by atoms with Gasteiger partial charge in [-0.1, -0.05) is 13.0 Å². The second-order valence-electron chi connectivity index (χ2n) is 9.41. The van der Waals surface area contributed by atoms with Crippen molar-refractivity contribution >= 4 is 35.3 Å². The summed E-state index contributed by atoms with van der Waals surface area (Å²) in [5.74, 6) is 0.605. The summed E-state index contributed by atoms with van der Waals surface area (Å²) in [6.45, 7) is 5.90. The predicted octanol–water partition coefficient (Wildman–Crippen LogP) is 6.26. The first-order valence-corrected chi connectivity index (χ1v) is 11.9. The number of rotatable bonds is 10. The first-order chi connectivity index (χ1) is 16.5. The van der Waals surface area contributed by atoms with Crippen LogP contribution in [-0.4, -0.2) is 47.0 Å². The monoisotopic (exact) mass is 488 g/mol. The third kappa shape index (κ3) is 6.01. The Morgan fingerprint density at radius 1 is 1.29 bits per heavy atom. The Kier molecular flexibility index (Phi) is 8.20. The number of ether oxygens (including phenoxy) is 1. The number of benzene rings is 1. The number of alkyl halides is 2. The van der Waals surface area contributed by atoms with Gasteiger partial charge in [0.2, 0.25) is 5.89 Å². The number of nitrogens with one attached hydrogen (secondary N) is 1. The van der Waals surface area contributed by atoms with Crippen molar-refractivity contribution in [2.45, 2.75) is 71.1 Å². The van der Waals surface area contributed by atoms with Gasteiger partial charge in [0, 0.05) is 36.7 Å². The number of aromatic nitrogens is 1. The highest BCUT2D eigenvalue weighted by Gasteiger charge is 2.49. The number of aliphatic hydroxyl groups is 1. The molecule has 0 amide bonds. The molecule has 0 aliphatic heterocycles. The van der Waals surface area contributed by atoms with Crippen LogP contribution >= 0.6 is 0 Å². The van der Waals surface area contributed by atoms with E-state index in [-0.39, 0.29) is 34.7 Å². The molecule has 1 fully saturated rings. The molecule has 2 aromatic rings. The van der Waals surface area contributed by atoms with E-state index in [0.717, 1.165) is 38.8 Å². The van der Waals surface area contributed by atoms with Crippen LogP contribution in [0.3, 0.4) is 0 Å². The van der Waals surface area contributed by atoms with Gasteiger partial charge >= 0.3 is 6.11 Å². The van der Waals surface area contributed by atoms with Gasteiger partial charge in [0.15, 0.2) is 22.5 Å². The van der Waals surface area contributed by atoms with Crippen LogP contribution in [0.15, 0.2) is 32.6 Å². The molecule has 9 heteroatoms. The van der Waals surface area contributed by atoms with E-state index in [9.17, 15) is 13.9 Å². The van der Waals surface area contributed by atoms with Crippen LogP contribution < -0.4 is 4.74 Å². The Morgan fingerprint density at radius 3 is 2.63 bits per heavy atom. The maximum atomic E-state index is 14.5. The van der Waals surface area contributed by atoms with Gasteiger partial charge in [0.1, 0.15) is 0 Å². The summed E-state index contributed by atoms with van der Waals surface area (Å²) in [6.07, 6.45) is 6.56. The van der Waals surface area contributed by atoms with Gasteiger partial charge in [-0.25, -0.2) is 4.98 Å². The first kappa shape index (κ1) is 26.7. The lowest BCUT2D eigenvalue weighted by molar-refractivity contribution is -0.275. The Bertz CT molecular complexity index is 1130. The molecule has 35 heavy (non-hydrogen) atoms. The highest BCUT2D eigenvalue weighted by Crippen LogP contribution is 2.38. The molecule has 1 aromatic carbocycles. The minimum absolute atomic E-state index is 0.122. The summed E-state index contributed by atoms with van der Waals surface area (Å²) in [4.78, 5) is 12.7. The summed E-state index contributed by atoms with van der Waals surface area (Å²) < 4.78 is 39.9. The number of fused-ring (bicyclic) bond motifs is 1. The average Bonchev–Trinajstić information content (AvgIpc) is 3.37. The zero-order chi connectivity index (χ0) is 25.8. The van der Waals surface area contributed by atoms with Crippen molar-refractivity contribution in [1.29, 1.82) is 5.41 Å². The van der Waals surface area contributed by atoms with E-state index in [1.807, 2.05) is 13.0 Å². The number of nitrogens with zero attached hydrogens (tertiary/aromatic N) is 3. The molecule has 1 saturated carbocycles. The summed E-state index contributed by atoms with van der Waals surface area (Å²) in [5.41, 5.74) is -0.550. The van der Waals surface area contributed by atoms with Crippen LogP contribution in [0.1, 0.15) is 70.9 Å². The summed E-state index contributed by atoms with van der Waals surface area (Å²) in [7, 11) is 1.63. The lowest BCUT2D eigenvalue weighted by Gasteiger charge is -2.28. The van der Waals surface area contributed by atoms with Crippen molar-refractivity contribution in [1.82, 2.24) is 4.98 Å². The van der Waals surface area contributed by atoms with Gasteiger partial charge in [-0.2, -0.15) is 8.78 Å². The Balaban J connectivity index is 1.94. The topological polar surface area (TPSA) is 104 Å². The normalized spacial score (nSPS) is 20.7. The quantitative estimate of drug-likeness (QED) is 0.385. The van der Waals surface area contributed by atoms with Gasteiger partial charge in [0.05, 0.1) is 6.04 Å². The molecular weight excluding hydrogens is 454 g/mol. The fourth-order valence-corrected chi connectivity index (χ4v) is 4.13. The SMILES string of the molecule is CCC1CCC(C/C=C/c2nc3c(OC(F)(F)C(C)(C)O)ccc(C(C)N=CC=NC)c3o2)C1=N. The molecule has 3 unspecified atom stereocenters. The standard InChI is InChI=1S/C26H34F2N4O3/c1-6-17-10-11-18(22(17)29)8-7-9-21-32-23-20(35-26(27,28)25(3,4)33)13-12-19(24(23)34-21)16(2)31-15-14-30-5/h7,9,12-18,29,33H,6,8,10-11H2,1-5H3/b9-7+,29-22?,30-14?,31-15?. The lowest BCUT2D eigenvalue weighted by Crippen LogP contribution is -2.47. The van der Waals surface area contributed by atoms with E-state index >= 15 is 0 Å². The van der Waals surface area contributed by atoms with Crippen molar-refractivity contribution in [2.24, 2.45) is 21.8 Å². The lowest BCUT2D eigenvalue weighted by atomic mass is 9.97. The zero-order valence-corrected chi connectivity index (χ0v) is 20.9.